The maximum Gasteiger partial charge on any atom is 0.0537 e. The molecule has 0 spiro atoms. The van der Waals surface area contributed by atoms with Crippen LogP contribution in [0, 0.1) is 6.92 Å². The first-order chi connectivity index (χ1) is 8.19. The van der Waals surface area contributed by atoms with Crippen LogP contribution < -0.4 is 5.73 Å². The maximum atomic E-state index is 5.48. The number of unbranched alkanes of at least 4 members (excludes halogenated alkanes) is 2. The molecule has 0 aliphatic heterocycles. The zero-order valence-corrected chi connectivity index (χ0v) is 11.4. The molecule has 0 bridgehead atoms. The Labute approximate surface area is 105 Å². The van der Waals surface area contributed by atoms with E-state index < -0.39 is 0 Å². The normalized spacial score (nSPS) is 11.4. The largest absolute Gasteiger partial charge is 0.330 e. The fourth-order valence-electron chi connectivity index (χ4n) is 2.03. The monoisotopic (exact) mass is 238 g/mol. The second-order valence-electron chi connectivity index (χ2n) is 4.66. The van der Waals surface area contributed by atoms with Crippen molar-refractivity contribution in [3.05, 3.63) is 17.5 Å². The van der Waals surface area contributed by atoms with Gasteiger partial charge in [0, 0.05) is 24.3 Å². The Morgan fingerprint density at radius 1 is 1.35 bits per heavy atom. The van der Waals surface area contributed by atoms with Gasteiger partial charge in [-0.2, -0.15) is 5.10 Å². The first-order valence-electron chi connectivity index (χ1n) is 6.59. The van der Waals surface area contributed by atoms with Crippen molar-refractivity contribution in [3.8, 4) is 0 Å². The van der Waals surface area contributed by atoms with Crippen LogP contribution in [0.25, 0.3) is 0 Å². The van der Waals surface area contributed by atoms with Gasteiger partial charge in [-0.1, -0.05) is 6.42 Å². The molecule has 0 unspecified atom stereocenters. The predicted molar refractivity (Wildman–Crippen MR) is 71.9 cm³/mol. The molecule has 0 saturated heterocycles. The molecule has 1 aromatic heterocycles. The topological polar surface area (TPSA) is 47.1 Å². The van der Waals surface area contributed by atoms with Gasteiger partial charge in [0.25, 0.3) is 0 Å². The van der Waals surface area contributed by atoms with Gasteiger partial charge in [0.15, 0.2) is 0 Å². The van der Waals surface area contributed by atoms with E-state index in [4.69, 9.17) is 5.73 Å². The number of hydrogen-bond donors (Lipinski definition) is 1. The molecule has 0 aromatic carbocycles. The first-order valence-corrected chi connectivity index (χ1v) is 6.59. The molecule has 0 radical (unpaired) electrons. The van der Waals surface area contributed by atoms with E-state index in [0.717, 1.165) is 32.6 Å². The lowest BCUT2D eigenvalue weighted by molar-refractivity contribution is 0.317. The lowest BCUT2D eigenvalue weighted by Crippen LogP contribution is -2.19. The van der Waals surface area contributed by atoms with E-state index in [1.807, 2.05) is 6.20 Å². The van der Waals surface area contributed by atoms with E-state index in [2.05, 4.69) is 35.6 Å². The highest BCUT2D eigenvalue weighted by atomic mass is 15.3. The van der Waals surface area contributed by atoms with Gasteiger partial charge >= 0.3 is 0 Å². The molecule has 4 nitrogen and oxygen atoms in total. The van der Waals surface area contributed by atoms with Gasteiger partial charge in [0.2, 0.25) is 0 Å². The molecule has 4 heteroatoms. The van der Waals surface area contributed by atoms with Crippen molar-refractivity contribution in [1.82, 2.24) is 14.7 Å². The highest BCUT2D eigenvalue weighted by Gasteiger charge is 2.07. The molecule has 1 aromatic rings. The fraction of sp³-hybridized carbons (Fsp3) is 0.769. The molecule has 1 rings (SSSR count). The summed E-state index contributed by atoms with van der Waals surface area (Å²) in [6.07, 6.45) is 5.60. The fourth-order valence-corrected chi connectivity index (χ4v) is 2.03. The van der Waals surface area contributed by atoms with Crippen LogP contribution in [0.2, 0.25) is 0 Å². The Morgan fingerprint density at radius 2 is 2.12 bits per heavy atom. The minimum Gasteiger partial charge on any atom is -0.330 e. The summed E-state index contributed by atoms with van der Waals surface area (Å²) < 4.78 is 2.05. The van der Waals surface area contributed by atoms with Crippen molar-refractivity contribution < 1.29 is 0 Å². The minimum absolute atomic E-state index is 0.812. The van der Waals surface area contributed by atoms with Crippen LogP contribution in [0.15, 0.2) is 6.20 Å². The molecule has 98 valence electrons. The van der Waals surface area contributed by atoms with Gasteiger partial charge in [-0.15, -0.1) is 0 Å². The Kier molecular flexibility index (Phi) is 6.22. The second kappa shape index (κ2) is 7.45. The zero-order valence-electron chi connectivity index (χ0n) is 11.4. The van der Waals surface area contributed by atoms with Crippen LogP contribution in [0.4, 0.5) is 0 Å². The molecule has 0 atom stereocenters. The number of rotatable bonds is 8. The summed E-state index contributed by atoms with van der Waals surface area (Å²) in [4.78, 5) is 2.36. The summed E-state index contributed by atoms with van der Waals surface area (Å²) in [5.41, 5.74) is 8.12. The Hall–Kier alpha value is -0.870. The van der Waals surface area contributed by atoms with Crippen molar-refractivity contribution in [2.24, 2.45) is 5.73 Å². The molecular weight excluding hydrogens is 212 g/mol. The van der Waals surface area contributed by atoms with E-state index >= 15 is 0 Å². The van der Waals surface area contributed by atoms with Gasteiger partial charge < -0.3 is 10.6 Å². The van der Waals surface area contributed by atoms with Crippen LogP contribution >= 0.6 is 0 Å². The van der Waals surface area contributed by atoms with Crippen LogP contribution in [0.3, 0.4) is 0 Å². The van der Waals surface area contributed by atoms with Gasteiger partial charge in [-0.25, -0.2) is 0 Å². The third-order valence-corrected chi connectivity index (χ3v) is 3.19. The molecule has 1 heterocycles. The average molecular weight is 238 g/mol. The summed E-state index contributed by atoms with van der Waals surface area (Å²) in [5.74, 6) is 0. The third-order valence-electron chi connectivity index (χ3n) is 3.19. The molecule has 2 N–H and O–H groups in total. The Balaban J connectivity index is 2.34. The van der Waals surface area contributed by atoms with Crippen molar-refractivity contribution in [2.45, 2.75) is 46.2 Å². The van der Waals surface area contributed by atoms with Gasteiger partial charge in [0.1, 0.15) is 0 Å². The van der Waals surface area contributed by atoms with Crippen LogP contribution in [0.1, 0.15) is 37.4 Å². The van der Waals surface area contributed by atoms with Crippen molar-refractivity contribution in [1.29, 1.82) is 0 Å². The Morgan fingerprint density at radius 3 is 2.71 bits per heavy atom. The second-order valence-corrected chi connectivity index (χ2v) is 4.66. The van der Waals surface area contributed by atoms with Crippen molar-refractivity contribution in [2.75, 3.05) is 20.1 Å². The highest BCUT2D eigenvalue weighted by molar-refractivity contribution is 5.15. The quantitative estimate of drug-likeness (QED) is 0.702. The highest BCUT2D eigenvalue weighted by Crippen LogP contribution is 2.10. The smallest absolute Gasteiger partial charge is 0.0537 e. The van der Waals surface area contributed by atoms with E-state index in [1.165, 1.54) is 24.1 Å². The maximum absolute atomic E-state index is 5.48. The van der Waals surface area contributed by atoms with E-state index in [-0.39, 0.29) is 0 Å². The lowest BCUT2D eigenvalue weighted by atomic mass is 10.2. The number of aryl methyl sites for hydroxylation is 1. The number of nitrogens with two attached hydrogens (primary N) is 1. The number of hydrogen-bond acceptors (Lipinski definition) is 3. The summed E-state index contributed by atoms with van der Waals surface area (Å²) in [5, 5.41) is 4.37. The van der Waals surface area contributed by atoms with Crippen LogP contribution in [-0.2, 0) is 13.1 Å². The van der Waals surface area contributed by atoms with Crippen LogP contribution in [-0.4, -0.2) is 34.8 Å². The summed E-state index contributed by atoms with van der Waals surface area (Å²) in [6, 6.07) is 0. The lowest BCUT2D eigenvalue weighted by Gasteiger charge is -2.16. The molecular formula is C13H26N4. The predicted octanol–water partition coefficient (Wildman–Crippen LogP) is 1.77. The van der Waals surface area contributed by atoms with E-state index in [1.54, 1.807) is 0 Å². The number of nitrogens with zero attached hydrogens (tertiary/aromatic N) is 3. The van der Waals surface area contributed by atoms with Gasteiger partial charge in [-0.3, -0.25) is 4.68 Å². The average Bonchev–Trinajstić information content (AvgIpc) is 2.66. The summed E-state index contributed by atoms with van der Waals surface area (Å²) in [6.45, 7) is 8.16. The molecule has 0 fully saturated rings. The van der Waals surface area contributed by atoms with Gasteiger partial charge in [-0.05, 0) is 46.8 Å². The van der Waals surface area contributed by atoms with Crippen molar-refractivity contribution in [3.63, 3.8) is 0 Å². The summed E-state index contributed by atoms with van der Waals surface area (Å²) in [7, 11) is 2.17. The first kappa shape index (κ1) is 14.2. The van der Waals surface area contributed by atoms with E-state index in [9.17, 15) is 0 Å². The molecule has 0 amide bonds. The van der Waals surface area contributed by atoms with E-state index in [0.29, 0.717) is 0 Å². The summed E-state index contributed by atoms with van der Waals surface area (Å²) >= 11 is 0. The molecule has 17 heavy (non-hydrogen) atoms. The minimum atomic E-state index is 0.812. The van der Waals surface area contributed by atoms with Crippen molar-refractivity contribution >= 4 is 0 Å². The zero-order chi connectivity index (χ0) is 12.7. The number of aromatic nitrogens is 2. The Bertz CT molecular complexity index is 319. The standard InChI is InChI=1S/C13H26N4/c1-4-17-12(2)13(10-15-17)11-16(3)9-7-5-6-8-14/h10H,4-9,11,14H2,1-3H3. The molecule has 0 aliphatic carbocycles. The molecule has 0 saturated carbocycles. The van der Waals surface area contributed by atoms with Crippen LogP contribution in [0.5, 0.6) is 0 Å². The SMILES string of the molecule is CCn1ncc(CN(C)CCCCCN)c1C. The third kappa shape index (κ3) is 4.48. The van der Waals surface area contributed by atoms with Gasteiger partial charge in [0.05, 0.1) is 6.20 Å². The molecule has 0 aliphatic rings.